The van der Waals surface area contributed by atoms with Gasteiger partial charge in [0.05, 0.1) is 0 Å². The van der Waals surface area contributed by atoms with Crippen molar-refractivity contribution in [1.29, 1.82) is 0 Å². The van der Waals surface area contributed by atoms with Crippen molar-refractivity contribution >= 4 is 6.29 Å². The van der Waals surface area contributed by atoms with Crippen molar-refractivity contribution in [2.75, 3.05) is 0 Å². The van der Waals surface area contributed by atoms with Crippen molar-refractivity contribution in [1.82, 2.24) is 0 Å². The average Bonchev–Trinajstić information content (AvgIpc) is 2.05. The topological polar surface area (TPSA) is 17.1 Å². The maximum Gasteiger partial charge on any atom is 0.129 e. The molecule has 68 valence electrons. The van der Waals surface area contributed by atoms with E-state index in [4.69, 9.17) is 0 Å². The van der Waals surface area contributed by atoms with E-state index >= 15 is 0 Å². The van der Waals surface area contributed by atoms with Gasteiger partial charge in [0.1, 0.15) is 6.29 Å². The van der Waals surface area contributed by atoms with Crippen LogP contribution >= 0.6 is 0 Å². The molecule has 1 nitrogen and oxygen atoms in total. The summed E-state index contributed by atoms with van der Waals surface area (Å²) in [5.74, 6) is 0. The van der Waals surface area contributed by atoms with E-state index < -0.39 is 0 Å². The molecule has 0 aliphatic heterocycles. The Labute approximate surface area is 75.2 Å². The SMILES string of the molecule is CCC=CC=C(C)C(C)(C)C=O. The number of allylic oxidation sites excluding steroid dienone is 4. The Bertz CT molecular complexity index is 197. The fourth-order valence-corrected chi connectivity index (χ4v) is 0.656. The summed E-state index contributed by atoms with van der Waals surface area (Å²) in [6.07, 6.45) is 8.09. The molecule has 0 aromatic carbocycles. The van der Waals surface area contributed by atoms with E-state index in [9.17, 15) is 4.79 Å². The highest BCUT2D eigenvalue weighted by Crippen LogP contribution is 2.22. The number of carbonyl (C=O) groups is 1. The molecule has 0 radical (unpaired) electrons. The summed E-state index contributed by atoms with van der Waals surface area (Å²) >= 11 is 0. The average molecular weight is 166 g/mol. The second-order valence-electron chi connectivity index (χ2n) is 3.53. The molecule has 0 spiro atoms. The second kappa shape index (κ2) is 4.91. The molecule has 0 N–H and O–H groups in total. The minimum Gasteiger partial charge on any atom is -0.302 e. The Morgan fingerprint density at radius 3 is 2.42 bits per heavy atom. The third-order valence-corrected chi connectivity index (χ3v) is 2.03. The lowest BCUT2D eigenvalue weighted by atomic mass is 9.87. The van der Waals surface area contributed by atoms with Crippen molar-refractivity contribution in [3.63, 3.8) is 0 Å². The number of hydrogen-bond acceptors (Lipinski definition) is 1. The largest absolute Gasteiger partial charge is 0.302 e. The van der Waals surface area contributed by atoms with Crippen molar-refractivity contribution < 1.29 is 4.79 Å². The van der Waals surface area contributed by atoms with E-state index in [-0.39, 0.29) is 5.41 Å². The highest BCUT2D eigenvalue weighted by molar-refractivity contribution is 5.63. The standard InChI is InChI=1S/C11H18O/c1-5-6-7-8-10(2)11(3,4)9-12/h6-9H,5H2,1-4H3. The van der Waals surface area contributed by atoms with Crippen molar-refractivity contribution in [2.45, 2.75) is 34.1 Å². The van der Waals surface area contributed by atoms with Crippen LogP contribution in [0.15, 0.2) is 23.8 Å². The van der Waals surface area contributed by atoms with Crippen molar-refractivity contribution in [3.8, 4) is 0 Å². The van der Waals surface area contributed by atoms with Gasteiger partial charge in [-0.15, -0.1) is 0 Å². The first-order valence-corrected chi connectivity index (χ1v) is 4.35. The highest BCUT2D eigenvalue weighted by Gasteiger charge is 2.17. The molecule has 0 atom stereocenters. The Morgan fingerprint density at radius 2 is 2.00 bits per heavy atom. The van der Waals surface area contributed by atoms with Gasteiger partial charge in [0.15, 0.2) is 0 Å². The Hall–Kier alpha value is -0.850. The summed E-state index contributed by atoms with van der Waals surface area (Å²) in [5, 5.41) is 0. The van der Waals surface area contributed by atoms with Gasteiger partial charge in [-0.2, -0.15) is 0 Å². The van der Waals surface area contributed by atoms with Crippen LogP contribution in [-0.4, -0.2) is 6.29 Å². The Morgan fingerprint density at radius 1 is 1.42 bits per heavy atom. The molecule has 0 heterocycles. The maximum absolute atomic E-state index is 10.6. The van der Waals surface area contributed by atoms with E-state index in [0.29, 0.717) is 0 Å². The summed E-state index contributed by atoms with van der Waals surface area (Å²) in [4.78, 5) is 10.6. The molecule has 1 heteroatoms. The number of rotatable bonds is 4. The molecule has 0 fully saturated rings. The molecule has 0 aromatic heterocycles. The van der Waals surface area contributed by atoms with Crippen LogP contribution in [0.25, 0.3) is 0 Å². The quantitative estimate of drug-likeness (QED) is 0.463. The summed E-state index contributed by atoms with van der Waals surface area (Å²) < 4.78 is 0. The molecule has 12 heavy (non-hydrogen) atoms. The molecule has 0 aliphatic rings. The molecule has 0 saturated carbocycles. The first-order chi connectivity index (χ1) is 5.54. The lowest BCUT2D eigenvalue weighted by molar-refractivity contribution is -0.113. The van der Waals surface area contributed by atoms with Gasteiger partial charge in [-0.05, 0) is 27.2 Å². The monoisotopic (exact) mass is 166 g/mol. The molecule has 0 bridgehead atoms. The van der Waals surface area contributed by atoms with Gasteiger partial charge < -0.3 is 4.79 Å². The Kier molecular flexibility index (Phi) is 4.57. The van der Waals surface area contributed by atoms with Crippen LogP contribution in [-0.2, 0) is 4.79 Å². The van der Waals surface area contributed by atoms with Gasteiger partial charge in [-0.3, -0.25) is 0 Å². The third kappa shape index (κ3) is 3.51. The summed E-state index contributed by atoms with van der Waals surface area (Å²) in [6, 6.07) is 0. The van der Waals surface area contributed by atoms with Gasteiger partial charge in [-0.25, -0.2) is 0 Å². The third-order valence-electron chi connectivity index (χ3n) is 2.03. The lowest BCUT2D eigenvalue weighted by Gasteiger charge is -2.16. The smallest absolute Gasteiger partial charge is 0.129 e. The molecular formula is C11H18O. The van der Waals surface area contributed by atoms with Crippen LogP contribution in [0.3, 0.4) is 0 Å². The predicted octanol–water partition coefficient (Wildman–Crippen LogP) is 3.12. The zero-order valence-corrected chi connectivity index (χ0v) is 8.42. The van der Waals surface area contributed by atoms with Crippen LogP contribution in [0.1, 0.15) is 34.1 Å². The normalized spacial score (nSPS) is 13.8. The second-order valence-corrected chi connectivity index (χ2v) is 3.53. The van der Waals surface area contributed by atoms with Crippen molar-refractivity contribution in [3.05, 3.63) is 23.8 Å². The lowest BCUT2D eigenvalue weighted by Crippen LogP contribution is -2.13. The number of carbonyl (C=O) groups excluding carboxylic acids is 1. The van der Waals surface area contributed by atoms with E-state index in [1.165, 1.54) is 0 Å². The first-order valence-electron chi connectivity index (χ1n) is 4.35. The summed E-state index contributed by atoms with van der Waals surface area (Å²) in [6.45, 7) is 7.91. The van der Waals surface area contributed by atoms with Gasteiger partial charge in [0.25, 0.3) is 0 Å². The molecule has 0 aromatic rings. The molecule has 0 aliphatic carbocycles. The molecular weight excluding hydrogens is 148 g/mol. The van der Waals surface area contributed by atoms with Gasteiger partial charge in [-0.1, -0.05) is 30.7 Å². The van der Waals surface area contributed by atoms with E-state index in [0.717, 1.165) is 18.3 Å². The van der Waals surface area contributed by atoms with Gasteiger partial charge >= 0.3 is 0 Å². The van der Waals surface area contributed by atoms with E-state index in [1.807, 2.05) is 32.9 Å². The molecule has 0 amide bonds. The van der Waals surface area contributed by atoms with Crippen LogP contribution < -0.4 is 0 Å². The van der Waals surface area contributed by atoms with Crippen LogP contribution in [0.5, 0.6) is 0 Å². The fraction of sp³-hybridized carbons (Fsp3) is 0.545. The van der Waals surface area contributed by atoms with E-state index in [1.54, 1.807) is 0 Å². The molecule has 0 rings (SSSR count). The molecule has 0 saturated heterocycles. The Balaban J connectivity index is 4.36. The maximum atomic E-state index is 10.6. The highest BCUT2D eigenvalue weighted by atomic mass is 16.1. The number of aldehydes is 1. The zero-order valence-electron chi connectivity index (χ0n) is 8.42. The zero-order chi connectivity index (χ0) is 9.61. The minimum absolute atomic E-state index is 0.321. The minimum atomic E-state index is -0.321. The predicted molar refractivity (Wildman–Crippen MR) is 53.0 cm³/mol. The van der Waals surface area contributed by atoms with Crippen LogP contribution in [0.4, 0.5) is 0 Å². The first kappa shape index (κ1) is 11.2. The summed E-state index contributed by atoms with van der Waals surface area (Å²) in [5.41, 5.74) is 0.778. The van der Waals surface area contributed by atoms with Crippen LogP contribution in [0, 0.1) is 5.41 Å². The van der Waals surface area contributed by atoms with Gasteiger partial charge in [0, 0.05) is 5.41 Å². The van der Waals surface area contributed by atoms with Gasteiger partial charge in [0.2, 0.25) is 0 Å². The van der Waals surface area contributed by atoms with Crippen molar-refractivity contribution in [2.24, 2.45) is 5.41 Å². The van der Waals surface area contributed by atoms with E-state index in [2.05, 4.69) is 13.0 Å². The fourth-order valence-electron chi connectivity index (χ4n) is 0.656. The molecule has 0 unspecified atom stereocenters. The summed E-state index contributed by atoms with van der Waals surface area (Å²) in [7, 11) is 0. The number of hydrogen-bond donors (Lipinski definition) is 0. The van der Waals surface area contributed by atoms with Crippen LogP contribution in [0.2, 0.25) is 0 Å².